The molecular weight excluding hydrogens is 396 g/mol. The summed E-state index contributed by atoms with van der Waals surface area (Å²) in [6, 6.07) is 13.3. The summed E-state index contributed by atoms with van der Waals surface area (Å²) in [5.41, 5.74) is 1.44. The van der Waals surface area contributed by atoms with E-state index in [0.29, 0.717) is 0 Å². The van der Waals surface area contributed by atoms with Crippen LogP contribution in [0.25, 0.3) is 36.1 Å². The van der Waals surface area contributed by atoms with E-state index in [-0.39, 0.29) is 0 Å². The van der Waals surface area contributed by atoms with E-state index in [1.54, 1.807) is 0 Å². The van der Waals surface area contributed by atoms with Crippen LogP contribution in [0.5, 0.6) is 0 Å². The maximum atomic E-state index is 3.81. The summed E-state index contributed by atoms with van der Waals surface area (Å²) in [6.07, 6.45) is 1.01. The standard InChI is InChI=1S/C17H8Br2S/c18-11-7-8-3-1-4-9-13(8)14(11)10-5-2-6-12-15(10)16(9)17(19)20-12/h1-6H,7H2. The van der Waals surface area contributed by atoms with E-state index in [9.17, 15) is 0 Å². The smallest absolute Gasteiger partial charge is 0.0789 e. The number of hydrogen-bond donors (Lipinski definition) is 0. The van der Waals surface area contributed by atoms with Crippen molar-refractivity contribution in [1.82, 2.24) is 0 Å². The molecule has 0 radical (unpaired) electrons. The summed E-state index contributed by atoms with van der Waals surface area (Å²) in [6.45, 7) is 0. The van der Waals surface area contributed by atoms with E-state index in [2.05, 4.69) is 68.3 Å². The summed E-state index contributed by atoms with van der Waals surface area (Å²) in [4.78, 5) is 0. The molecule has 0 N–H and O–H groups in total. The Labute approximate surface area is 136 Å². The first-order valence-corrected chi connectivity index (χ1v) is 8.88. The third-order valence-electron chi connectivity index (χ3n) is 4.23. The van der Waals surface area contributed by atoms with Gasteiger partial charge in [0.15, 0.2) is 0 Å². The van der Waals surface area contributed by atoms with E-state index >= 15 is 0 Å². The van der Waals surface area contributed by atoms with Crippen molar-refractivity contribution in [2.45, 2.75) is 6.42 Å². The molecule has 0 saturated carbocycles. The van der Waals surface area contributed by atoms with Crippen LogP contribution in [0.15, 0.2) is 40.2 Å². The summed E-state index contributed by atoms with van der Waals surface area (Å²) < 4.78 is 3.93. The second-order valence-electron chi connectivity index (χ2n) is 5.23. The minimum Gasteiger partial charge on any atom is -0.128 e. The van der Waals surface area contributed by atoms with Crippen LogP contribution in [0.2, 0.25) is 0 Å². The van der Waals surface area contributed by atoms with Crippen molar-refractivity contribution < 1.29 is 0 Å². The molecule has 1 aliphatic rings. The lowest BCUT2D eigenvalue weighted by molar-refractivity contribution is 1.40. The number of thiophene rings is 1. The van der Waals surface area contributed by atoms with Crippen molar-refractivity contribution in [3.63, 3.8) is 0 Å². The van der Waals surface area contributed by atoms with Gasteiger partial charge in [0.05, 0.1) is 3.79 Å². The van der Waals surface area contributed by atoms with Gasteiger partial charge in [0, 0.05) is 31.6 Å². The van der Waals surface area contributed by atoms with Gasteiger partial charge in [-0.1, -0.05) is 46.3 Å². The molecule has 1 aromatic heterocycles. The molecule has 0 unspecified atom stereocenters. The van der Waals surface area contributed by atoms with E-state index in [0.717, 1.165) is 6.42 Å². The quantitative estimate of drug-likeness (QED) is 0.328. The largest absolute Gasteiger partial charge is 0.128 e. The molecule has 96 valence electrons. The molecule has 0 amide bonds. The van der Waals surface area contributed by atoms with Crippen molar-refractivity contribution >= 4 is 79.3 Å². The number of benzene rings is 3. The number of fused-ring (bicyclic) bond motifs is 2. The molecule has 3 aromatic carbocycles. The zero-order chi connectivity index (χ0) is 13.4. The van der Waals surface area contributed by atoms with Crippen molar-refractivity contribution in [3.05, 3.63) is 51.0 Å². The second-order valence-corrected chi connectivity index (χ2v) is 8.55. The molecule has 0 saturated heterocycles. The average molecular weight is 404 g/mol. The Bertz CT molecular complexity index is 1090. The van der Waals surface area contributed by atoms with E-state index in [4.69, 9.17) is 0 Å². The summed E-state index contributed by atoms with van der Waals surface area (Å²) in [5, 5.41) is 8.37. The predicted molar refractivity (Wildman–Crippen MR) is 95.8 cm³/mol. The highest BCUT2D eigenvalue weighted by Crippen LogP contribution is 2.44. The number of halogens is 2. The molecule has 4 aromatic rings. The Kier molecular flexibility index (Phi) is 2.25. The maximum Gasteiger partial charge on any atom is 0.0789 e. The summed E-state index contributed by atoms with van der Waals surface area (Å²) in [5.74, 6) is 0. The Balaban J connectivity index is 2.33. The minimum absolute atomic E-state index is 1.01. The fourth-order valence-electron chi connectivity index (χ4n) is 3.49. The highest BCUT2D eigenvalue weighted by molar-refractivity contribution is 9.14. The van der Waals surface area contributed by atoms with Crippen LogP contribution >= 0.6 is 43.2 Å². The van der Waals surface area contributed by atoms with Crippen LogP contribution < -0.4 is 5.22 Å². The monoisotopic (exact) mass is 402 g/mol. The van der Waals surface area contributed by atoms with Crippen molar-refractivity contribution in [2.24, 2.45) is 0 Å². The molecule has 20 heavy (non-hydrogen) atoms. The maximum absolute atomic E-state index is 3.81. The lowest BCUT2D eigenvalue weighted by Crippen LogP contribution is -2.03. The molecule has 1 heterocycles. The molecule has 0 atom stereocenters. The molecule has 0 bridgehead atoms. The van der Waals surface area contributed by atoms with Gasteiger partial charge in [-0.3, -0.25) is 0 Å². The normalized spacial score (nSPS) is 14.2. The second kappa shape index (κ2) is 3.85. The van der Waals surface area contributed by atoms with E-state index < -0.39 is 0 Å². The zero-order valence-corrected chi connectivity index (χ0v) is 14.3. The molecule has 0 fully saturated rings. The van der Waals surface area contributed by atoms with Gasteiger partial charge < -0.3 is 0 Å². The SMILES string of the molecule is BrC1=c2c3cccc4sc(Br)c(c5cccc(c25)C1)c43. The summed E-state index contributed by atoms with van der Waals surface area (Å²) in [7, 11) is 0. The van der Waals surface area contributed by atoms with E-state index in [1.165, 1.54) is 50.7 Å². The Morgan fingerprint density at radius 2 is 1.65 bits per heavy atom. The Morgan fingerprint density at radius 1 is 0.850 bits per heavy atom. The van der Waals surface area contributed by atoms with Gasteiger partial charge in [0.1, 0.15) is 0 Å². The fourth-order valence-corrected chi connectivity index (χ4v) is 6.11. The molecule has 3 heteroatoms. The van der Waals surface area contributed by atoms with Gasteiger partial charge in [-0.05, 0) is 43.7 Å². The fraction of sp³-hybridized carbons (Fsp3) is 0.0588. The van der Waals surface area contributed by atoms with Crippen molar-refractivity contribution in [3.8, 4) is 0 Å². The van der Waals surface area contributed by atoms with Crippen LogP contribution in [0.4, 0.5) is 0 Å². The van der Waals surface area contributed by atoms with Crippen LogP contribution in [-0.4, -0.2) is 0 Å². The van der Waals surface area contributed by atoms with Gasteiger partial charge in [0.25, 0.3) is 0 Å². The molecule has 0 aliphatic heterocycles. The molecule has 1 aliphatic carbocycles. The minimum atomic E-state index is 1.01. The first kappa shape index (κ1) is 11.7. The van der Waals surface area contributed by atoms with Crippen LogP contribution in [0.3, 0.4) is 0 Å². The average Bonchev–Trinajstić information content (AvgIpc) is 2.95. The highest BCUT2D eigenvalue weighted by Gasteiger charge is 2.21. The third-order valence-corrected chi connectivity index (χ3v) is 6.73. The zero-order valence-electron chi connectivity index (χ0n) is 10.3. The van der Waals surface area contributed by atoms with E-state index in [1.807, 2.05) is 11.3 Å². The highest BCUT2D eigenvalue weighted by atomic mass is 79.9. The topological polar surface area (TPSA) is 0 Å². The lowest BCUT2D eigenvalue weighted by atomic mass is 9.97. The Morgan fingerprint density at radius 3 is 2.55 bits per heavy atom. The van der Waals surface area contributed by atoms with Crippen LogP contribution in [-0.2, 0) is 6.42 Å². The van der Waals surface area contributed by atoms with Gasteiger partial charge in [0.2, 0.25) is 0 Å². The molecular formula is C17H8Br2S. The first-order chi connectivity index (χ1) is 9.75. The first-order valence-electron chi connectivity index (χ1n) is 6.48. The predicted octanol–water partition coefficient (Wildman–Crippen LogP) is 5.75. The van der Waals surface area contributed by atoms with Gasteiger partial charge in [-0.15, -0.1) is 11.3 Å². The third kappa shape index (κ3) is 1.27. The van der Waals surface area contributed by atoms with Crippen LogP contribution in [0.1, 0.15) is 5.56 Å². The van der Waals surface area contributed by atoms with Gasteiger partial charge in [-0.2, -0.15) is 0 Å². The van der Waals surface area contributed by atoms with Crippen molar-refractivity contribution in [1.29, 1.82) is 0 Å². The van der Waals surface area contributed by atoms with Gasteiger partial charge in [-0.25, -0.2) is 0 Å². The summed E-state index contributed by atoms with van der Waals surface area (Å²) >= 11 is 9.42. The van der Waals surface area contributed by atoms with Crippen LogP contribution in [0, 0.1) is 0 Å². The molecule has 0 spiro atoms. The lowest BCUT2D eigenvalue weighted by Gasteiger charge is -2.06. The van der Waals surface area contributed by atoms with Gasteiger partial charge >= 0.3 is 0 Å². The molecule has 0 nitrogen and oxygen atoms in total. The molecule has 5 rings (SSSR count). The number of hydrogen-bond acceptors (Lipinski definition) is 1. The van der Waals surface area contributed by atoms with Crippen molar-refractivity contribution in [2.75, 3.05) is 0 Å². The Hall–Kier alpha value is -0.900. The number of rotatable bonds is 0.